The number of hydrogen-bond acceptors (Lipinski definition) is 0. The first kappa shape index (κ1) is 35.3. The van der Waals surface area contributed by atoms with Crippen LogP contribution >= 0.6 is 0 Å². The number of unbranched alkanes of at least 4 members (excludes halogenated alkanes) is 6. The van der Waals surface area contributed by atoms with Crippen LogP contribution in [0.25, 0.3) is 34.4 Å². The van der Waals surface area contributed by atoms with Crippen LogP contribution in [-0.4, -0.2) is 6.94 Å². The SMILES string of the molecule is CCCCC[CH2][Hf]([CH3])([CH3])(=[SiH2])([CH2]CCCCC)([CH]1C=Cc2c(-c3ccc(C)cc3)cccc21)[CH]1C=Cc2c(-c3ccc(C)cc3)cccc21. The van der Waals surface area contributed by atoms with Crippen LogP contribution in [-0.2, 0) is 14.2 Å². The van der Waals surface area contributed by atoms with E-state index < -0.39 is 14.2 Å². The van der Waals surface area contributed by atoms with E-state index in [0.29, 0.717) is 7.35 Å². The number of fused-ring (bicyclic) bond motifs is 2. The molecule has 0 nitrogen and oxygen atoms in total. The first-order chi connectivity index (χ1) is 22.9. The van der Waals surface area contributed by atoms with Gasteiger partial charge in [0.05, 0.1) is 0 Å². The summed E-state index contributed by atoms with van der Waals surface area (Å²) in [6.07, 6.45) is 21.1. The third-order valence-corrected chi connectivity index (χ3v) is 70.4. The first-order valence-corrected chi connectivity index (χ1v) is 43.9. The number of benzene rings is 4. The molecule has 0 fully saturated rings. The van der Waals surface area contributed by atoms with Gasteiger partial charge in [-0.3, -0.25) is 0 Å². The molecule has 0 saturated carbocycles. The molecular formula is C46H60HfSi. The summed E-state index contributed by atoms with van der Waals surface area (Å²) in [5.74, 6) is 0. The van der Waals surface area contributed by atoms with E-state index in [1.165, 1.54) is 104 Å². The van der Waals surface area contributed by atoms with Gasteiger partial charge in [0.2, 0.25) is 0 Å². The summed E-state index contributed by atoms with van der Waals surface area (Å²) in [6.45, 7) is 11.7. The van der Waals surface area contributed by atoms with Crippen LogP contribution in [0.4, 0.5) is 0 Å². The molecule has 0 spiro atoms. The van der Waals surface area contributed by atoms with Crippen LogP contribution in [0.1, 0.15) is 106 Å². The molecule has 4 aromatic carbocycles. The molecule has 6 rings (SSSR count). The van der Waals surface area contributed by atoms with E-state index in [1.54, 1.807) is 11.1 Å². The van der Waals surface area contributed by atoms with Crippen molar-refractivity contribution in [1.82, 2.24) is 0 Å². The second-order valence-electron chi connectivity index (χ2n) is 18.6. The Bertz CT molecular complexity index is 1850. The van der Waals surface area contributed by atoms with Crippen molar-refractivity contribution in [1.29, 1.82) is 0 Å². The summed E-state index contributed by atoms with van der Waals surface area (Å²) >= 11 is -5.14. The molecule has 2 heteroatoms. The van der Waals surface area contributed by atoms with Crippen molar-refractivity contribution < 1.29 is 14.2 Å². The van der Waals surface area contributed by atoms with Crippen molar-refractivity contribution in [3.63, 3.8) is 0 Å². The van der Waals surface area contributed by atoms with Crippen LogP contribution in [0, 0.1) is 13.8 Å². The molecule has 2 aliphatic carbocycles. The minimum absolute atomic E-state index is 0.458. The third-order valence-electron chi connectivity index (χ3n) is 13.9. The van der Waals surface area contributed by atoms with Crippen LogP contribution in [0.15, 0.2) is 97.1 Å². The minimum atomic E-state index is -5.14. The Kier molecular flexibility index (Phi) is 9.07. The second-order valence-corrected chi connectivity index (χ2v) is 95.6. The van der Waals surface area contributed by atoms with Crippen molar-refractivity contribution in [3.8, 4) is 22.3 Å². The van der Waals surface area contributed by atoms with Crippen molar-refractivity contribution in [2.45, 2.75) is 104 Å². The summed E-state index contributed by atoms with van der Waals surface area (Å²) < 4.78 is 9.62. The molecule has 252 valence electrons. The molecule has 2 atom stereocenters. The molecule has 0 heterocycles. The van der Waals surface area contributed by atoms with Crippen LogP contribution in [0.3, 0.4) is 0 Å². The van der Waals surface area contributed by atoms with Crippen molar-refractivity contribution in [2.24, 2.45) is 0 Å². The second kappa shape index (κ2) is 12.3. The molecule has 4 aromatic rings. The molecule has 0 amide bonds. The summed E-state index contributed by atoms with van der Waals surface area (Å²) in [4.78, 5) is 0. The molecule has 0 bridgehead atoms. The van der Waals surface area contributed by atoms with E-state index in [9.17, 15) is 0 Å². The van der Waals surface area contributed by atoms with Gasteiger partial charge in [-0.15, -0.1) is 0 Å². The van der Waals surface area contributed by atoms with Crippen molar-refractivity contribution in [3.05, 3.63) is 130 Å². The third kappa shape index (κ3) is 5.87. The van der Waals surface area contributed by atoms with Crippen LogP contribution in [0.5, 0.6) is 0 Å². The van der Waals surface area contributed by atoms with Gasteiger partial charge >= 0.3 is 290 Å². The van der Waals surface area contributed by atoms with Crippen molar-refractivity contribution >= 4 is 19.1 Å². The Balaban J connectivity index is 1.60. The van der Waals surface area contributed by atoms with Gasteiger partial charge in [0, 0.05) is 0 Å². The predicted octanol–water partition coefficient (Wildman–Crippen LogP) is 13.9. The van der Waals surface area contributed by atoms with Gasteiger partial charge < -0.3 is 0 Å². The summed E-state index contributed by atoms with van der Waals surface area (Å²) in [5.41, 5.74) is 14.2. The molecular weight excluding hydrogens is 759 g/mol. The molecule has 0 N–H and O–H groups in total. The Morgan fingerprint density at radius 1 is 0.521 bits per heavy atom. The number of allylic oxidation sites excluding steroid dienone is 2. The Labute approximate surface area is 288 Å². The van der Waals surface area contributed by atoms with E-state index in [-0.39, 0.29) is 0 Å². The number of rotatable bonds is 14. The standard InChI is InChI=1S/2C16H13.2C6H13.2CH3.Hf.H2Si/c2*1-12-8-10-14(11-9-12)16-7-3-5-13-4-2-6-15(13)16;2*1-3-5-6-4-2;;;;/h2*2-11H,1H3;2*1,3-6H2,2H3;2*1H3;;1H2. The van der Waals surface area contributed by atoms with Gasteiger partial charge in [0.25, 0.3) is 0 Å². The fourth-order valence-corrected chi connectivity index (χ4v) is 60.2. The van der Waals surface area contributed by atoms with Crippen LogP contribution in [0.2, 0.25) is 17.7 Å². The molecule has 2 aliphatic rings. The molecule has 0 radical (unpaired) electrons. The fourth-order valence-electron chi connectivity index (χ4n) is 10.7. The molecule has 0 aliphatic heterocycles. The van der Waals surface area contributed by atoms with Gasteiger partial charge in [-0.05, 0) is 0 Å². The van der Waals surface area contributed by atoms with Gasteiger partial charge in [0.1, 0.15) is 0 Å². The average Bonchev–Trinajstić information content (AvgIpc) is 3.74. The normalized spacial score (nSPS) is 18.9. The van der Waals surface area contributed by atoms with Crippen LogP contribution < -0.4 is 0 Å². The zero-order valence-corrected chi connectivity index (χ0v) is 35.8. The fraction of sp³-hybridized carbons (Fsp3) is 0.391. The zero-order valence-electron chi connectivity index (χ0n) is 30.8. The summed E-state index contributed by atoms with van der Waals surface area (Å²) in [6, 6.07) is 32.9. The molecule has 48 heavy (non-hydrogen) atoms. The molecule has 2 unspecified atom stereocenters. The molecule has 0 saturated heterocycles. The summed E-state index contributed by atoms with van der Waals surface area (Å²) in [7, 11) is 0. The topological polar surface area (TPSA) is 0 Å². The first-order valence-electron chi connectivity index (χ1n) is 19.2. The van der Waals surface area contributed by atoms with Crippen molar-refractivity contribution in [2.75, 3.05) is 0 Å². The van der Waals surface area contributed by atoms with E-state index in [4.69, 9.17) is 0 Å². The van der Waals surface area contributed by atoms with Gasteiger partial charge in [-0.25, -0.2) is 0 Å². The number of hydrogen-bond donors (Lipinski definition) is 0. The monoisotopic (exact) mass is 820 g/mol. The Morgan fingerprint density at radius 3 is 1.29 bits per heavy atom. The Hall–Kier alpha value is -2.55. The summed E-state index contributed by atoms with van der Waals surface area (Å²) in [5, 5.41) is 0. The van der Waals surface area contributed by atoms with Gasteiger partial charge in [-0.2, -0.15) is 0 Å². The maximum atomic E-state index is 2.98. The quantitative estimate of drug-likeness (QED) is 0.0878. The van der Waals surface area contributed by atoms with E-state index in [2.05, 4.69) is 153 Å². The zero-order chi connectivity index (χ0) is 34.1. The molecule has 0 aromatic heterocycles. The number of aryl methyl sites for hydroxylation is 2. The van der Waals surface area contributed by atoms with E-state index in [0.717, 1.165) is 0 Å². The van der Waals surface area contributed by atoms with E-state index >= 15 is 0 Å². The van der Waals surface area contributed by atoms with Gasteiger partial charge in [-0.1, -0.05) is 0 Å². The Morgan fingerprint density at radius 2 is 0.917 bits per heavy atom. The van der Waals surface area contributed by atoms with E-state index in [1.807, 2.05) is 0 Å². The maximum absolute atomic E-state index is 5.14. The van der Waals surface area contributed by atoms with Gasteiger partial charge in [0.15, 0.2) is 0 Å². The average molecular weight is 820 g/mol. The predicted molar refractivity (Wildman–Crippen MR) is 215 cm³/mol.